The summed E-state index contributed by atoms with van der Waals surface area (Å²) < 4.78 is 0. The van der Waals surface area contributed by atoms with E-state index in [0.29, 0.717) is 6.42 Å². The van der Waals surface area contributed by atoms with Gasteiger partial charge in [-0.05, 0) is 12.0 Å². The summed E-state index contributed by atoms with van der Waals surface area (Å²) in [4.78, 5) is 11.7. The molecule has 1 aromatic carbocycles. The lowest BCUT2D eigenvalue weighted by Crippen LogP contribution is -2.06. The van der Waals surface area contributed by atoms with Crippen LogP contribution in [0.15, 0.2) is 30.3 Å². The third-order valence-corrected chi connectivity index (χ3v) is 2.33. The van der Waals surface area contributed by atoms with E-state index in [1.807, 2.05) is 50.3 Å². The van der Waals surface area contributed by atoms with Gasteiger partial charge in [-0.2, -0.15) is 0 Å². The Bertz CT molecular complexity index is 361. The molecule has 16 heavy (non-hydrogen) atoms. The van der Waals surface area contributed by atoms with E-state index in [1.54, 1.807) is 0 Å². The zero-order valence-corrected chi connectivity index (χ0v) is 9.81. The minimum absolute atomic E-state index is 0.0378. The van der Waals surface area contributed by atoms with Gasteiger partial charge in [0.2, 0.25) is 0 Å². The molecule has 0 spiro atoms. The first-order valence-electron chi connectivity index (χ1n) is 5.57. The molecule has 0 atom stereocenters. The van der Waals surface area contributed by atoms with Crippen molar-refractivity contribution >= 4 is 11.9 Å². The average Bonchev–Trinajstić information content (AvgIpc) is 2.29. The van der Waals surface area contributed by atoms with Crippen LogP contribution in [-0.2, 0) is 0 Å². The van der Waals surface area contributed by atoms with Crippen LogP contribution < -0.4 is 0 Å². The van der Waals surface area contributed by atoms with Gasteiger partial charge in [-0.3, -0.25) is 4.79 Å². The number of carbonyl (C=O) groups is 1. The average molecular weight is 218 g/mol. The monoisotopic (exact) mass is 218 g/mol. The zero-order valence-electron chi connectivity index (χ0n) is 9.81. The predicted octanol–water partition coefficient (Wildman–Crippen LogP) is 2.92. The van der Waals surface area contributed by atoms with E-state index in [0.717, 1.165) is 11.1 Å². The second-order valence-corrected chi connectivity index (χ2v) is 4.06. The summed E-state index contributed by atoms with van der Waals surface area (Å²) in [5, 5.41) is 8.63. The molecule has 0 heterocycles. The van der Waals surface area contributed by atoms with Gasteiger partial charge in [0, 0.05) is 18.1 Å². The van der Waals surface area contributed by atoms with Crippen molar-refractivity contribution in [1.82, 2.24) is 0 Å². The molecule has 0 aliphatic carbocycles. The largest absolute Gasteiger partial charge is 0.396 e. The van der Waals surface area contributed by atoms with Gasteiger partial charge >= 0.3 is 0 Å². The van der Waals surface area contributed by atoms with Gasteiger partial charge < -0.3 is 5.11 Å². The van der Waals surface area contributed by atoms with Crippen LogP contribution in [0.25, 0.3) is 6.08 Å². The molecule has 1 aromatic rings. The number of hydrogen-bond donors (Lipinski definition) is 1. The first kappa shape index (κ1) is 12.7. The normalized spacial score (nSPS) is 11.2. The SMILES string of the molecule is CC(C)C(=O)c1ccc(C=CCCO)cc1. The number of carbonyl (C=O) groups excluding carboxylic acids is 1. The van der Waals surface area contributed by atoms with E-state index in [9.17, 15) is 4.79 Å². The van der Waals surface area contributed by atoms with E-state index in [1.165, 1.54) is 0 Å². The first-order chi connectivity index (χ1) is 7.65. The molecule has 0 unspecified atom stereocenters. The summed E-state index contributed by atoms with van der Waals surface area (Å²) >= 11 is 0. The highest BCUT2D eigenvalue weighted by atomic mass is 16.2. The topological polar surface area (TPSA) is 37.3 Å². The van der Waals surface area contributed by atoms with Crippen LogP contribution in [0.4, 0.5) is 0 Å². The first-order valence-corrected chi connectivity index (χ1v) is 5.57. The van der Waals surface area contributed by atoms with Crippen molar-refractivity contribution in [3.05, 3.63) is 41.5 Å². The Morgan fingerprint density at radius 2 is 1.94 bits per heavy atom. The molecule has 0 amide bonds. The minimum atomic E-state index is 0.0378. The number of rotatable bonds is 5. The molecule has 1 N–H and O–H groups in total. The Morgan fingerprint density at radius 1 is 1.31 bits per heavy atom. The summed E-state index contributed by atoms with van der Waals surface area (Å²) in [7, 11) is 0. The molecule has 0 aliphatic heterocycles. The Balaban J connectivity index is 2.71. The third-order valence-electron chi connectivity index (χ3n) is 2.33. The van der Waals surface area contributed by atoms with Gasteiger partial charge in [0.05, 0.1) is 0 Å². The fourth-order valence-electron chi connectivity index (χ4n) is 1.39. The summed E-state index contributed by atoms with van der Waals surface area (Å²) in [6.45, 7) is 3.97. The van der Waals surface area contributed by atoms with Gasteiger partial charge in [-0.15, -0.1) is 0 Å². The fourth-order valence-corrected chi connectivity index (χ4v) is 1.39. The van der Waals surface area contributed by atoms with E-state index in [2.05, 4.69) is 0 Å². The fraction of sp³-hybridized carbons (Fsp3) is 0.357. The van der Waals surface area contributed by atoms with E-state index in [4.69, 9.17) is 5.11 Å². The summed E-state index contributed by atoms with van der Waals surface area (Å²) in [6, 6.07) is 7.54. The van der Waals surface area contributed by atoms with E-state index < -0.39 is 0 Å². The zero-order chi connectivity index (χ0) is 12.0. The molecular weight excluding hydrogens is 200 g/mol. The number of aliphatic hydroxyl groups excluding tert-OH is 1. The van der Waals surface area contributed by atoms with Crippen LogP contribution in [0.5, 0.6) is 0 Å². The Labute approximate surface area is 96.6 Å². The Morgan fingerprint density at radius 3 is 2.44 bits per heavy atom. The van der Waals surface area contributed by atoms with Gasteiger partial charge in [0.25, 0.3) is 0 Å². The molecule has 0 radical (unpaired) electrons. The van der Waals surface area contributed by atoms with Crippen LogP contribution in [0.3, 0.4) is 0 Å². The summed E-state index contributed by atoms with van der Waals surface area (Å²) in [6.07, 6.45) is 4.52. The predicted molar refractivity (Wildman–Crippen MR) is 66.3 cm³/mol. The molecule has 2 nitrogen and oxygen atoms in total. The highest BCUT2D eigenvalue weighted by molar-refractivity contribution is 5.97. The van der Waals surface area contributed by atoms with E-state index >= 15 is 0 Å². The lowest BCUT2D eigenvalue weighted by atomic mass is 10.00. The van der Waals surface area contributed by atoms with Crippen molar-refractivity contribution < 1.29 is 9.90 Å². The van der Waals surface area contributed by atoms with Crippen LogP contribution in [0.2, 0.25) is 0 Å². The number of hydrogen-bond acceptors (Lipinski definition) is 2. The third kappa shape index (κ3) is 3.63. The Hall–Kier alpha value is -1.41. The molecular formula is C14H18O2. The molecule has 1 rings (SSSR count). The van der Waals surface area contributed by atoms with Crippen molar-refractivity contribution in [2.24, 2.45) is 5.92 Å². The van der Waals surface area contributed by atoms with Gasteiger partial charge in [0.15, 0.2) is 5.78 Å². The van der Waals surface area contributed by atoms with Crippen LogP contribution in [0, 0.1) is 5.92 Å². The van der Waals surface area contributed by atoms with Crippen molar-refractivity contribution in [1.29, 1.82) is 0 Å². The summed E-state index contributed by atoms with van der Waals surface area (Å²) in [5.74, 6) is 0.210. The second kappa shape index (κ2) is 6.23. The lowest BCUT2D eigenvalue weighted by molar-refractivity contribution is 0.0939. The maximum absolute atomic E-state index is 11.7. The van der Waals surface area contributed by atoms with Crippen LogP contribution in [-0.4, -0.2) is 17.5 Å². The minimum Gasteiger partial charge on any atom is -0.396 e. The lowest BCUT2D eigenvalue weighted by Gasteiger charge is -2.03. The maximum atomic E-state index is 11.7. The van der Waals surface area contributed by atoms with Crippen LogP contribution >= 0.6 is 0 Å². The van der Waals surface area contributed by atoms with Crippen molar-refractivity contribution in [2.75, 3.05) is 6.61 Å². The highest BCUT2D eigenvalue weighted by Gasteiger charge is 2.08. The van der Waals surface area contributed by atoms with Crippen molar-refractivity contribution in [3.8, 4) is 0 Å². The second-order valence-electron chi connectivity index (χ2n) is 4.06. The molecule has 0 saturated heterocycles. The quantitative estimate of drug-likeness (QED) is 0.771. The summed E-state index contributed by atoms with van der Waals surface area (Å²) in [5.41, 5.74) is 1.81. The maximum Gasteiger partial charge on any atom is 0.165 e. The standard InChI is InChI=1S/C14H18O2/c1-11(2)14(16)13-8-6-12(7-9-13)5-3-4-10-15/h3,5-9,11,15H,4,10H2,1-2H3. The number of Topliss-reactive ketones (excluding diaryl/α,β-unsaturated/α-hetero) is 1. The van der Waals surface area contributed by atoms with E-state index in [-0.39, 0.29) is 18.3 Å². The molecule has 0 aromatic heterocycles. The number of benzene rings is 1. The smallest absolute Gasteiger partial charge is 0.165 e. The molecule has 2 heteroatoms. The van der Waals surface area contributed by atoms with Crippen LogP contribution in [0.1, 0.15) is 36.2 Å². The van der Waals surface area contributed by atoms with Crippen molar-refractivity contribution in [3.63, 3.8) is 0 Å². The molecule has 0 bridgehead atoms. The number of ketones is 1. The molecule has 0 aliphatic rings. The Kier molecular flexibility index (Phi) is 4.93. The van der Waals surface area contributed by atoms with Gasteiger partial charge in [-0.25, -0.2) is 0 Å². The van der Waals surface area contributed by atoms with Crippen molar-refractivity contribution in [2.45, 2.75) is 20.3 Å². The van der Waals surface area contributed by atoms with Gasteiger partial charge in [-0.1, -0.05) is 50.3 Å². The number of aliphatic hydroxyl groups is 1. The molecule has 0 saturated carbocycles. The molecule has 0 fully saturated rings. The van der Waals surface area contributed by atoms with Gasteiger partial charge in [0.1, 0.15) is 0 Å². The molecule has 86 valence electrons. The highest BCUT2D eigenvalue weighted by Crippen LogP contribution is 2.11.